The molecule has 35 heavy (non-hydrogen) atoms. The van der Waals surface area contributed by atoms with E-state index in [-0.39, 0.29) is 28.5 Å². The van der Waals surface area contributed by atoms with Gasteiger partial charge in [-0.3, -0.25) is 4.79 Å². The highest BCUT2D eigenvalue weighted by atomic mass is 35.5. The van der Waals surface area contributed by atoms with Gasteiger partial charge in [0.1, 0.15) is 23.1 Å². The van der Waals surface area contributed by atoms with Crippen LogP contribution in [0.5, 0.6) is 11.5 Å². The number of carbonyl (C=O) groups is 2. The van der Waals surface area contributed by atoms with Crippen LogP contribution in [0.1, 0.15) is 24.5 Å². The molecule has 4 aromatic rings. The summed E-state index contributed by atoms with van der Waals surface area (Å²) in [5, 5.41) is 23.4. The van der Waals surface area contributed by atoms with Crippen LogP contribution in [0, 0.1) is 0 Å². The van der Waals surface area contributed by atoms with Gasteiger partial charge < -0.3 is 29.7 Å². The highest BCUT2D eigenvalue weighted by molar-refractivity contribution is 6.32. The number of nitrogens with one attached hydrogen (secondary N) is 2. The predicted molar refractivity (Wildman–Crippen MR) is 130 cm³/mol. The largest absolute Gasteiger partial charge is 0.508 e. The Balaban J connectivity index is 1.47. The van der Waals surface area contributed by atoms with E-state index in [1.807, 2.05) is 6.92 Å². The molecule has 2 aromatic heterocycles. The van der Waals surface area contributed by atoms with Gasteiger partial charge in [0.05, 0.1) is 5.02 Å². The van der Waals surface area contributed by atoms with E-state index in [2.05, 4.69) is 10.3 Å². The Labute approximate surface area is 204 Å². The second kappa shape index (κ2) is 10.1. The van der Waals surface area contributed by atoms with Crippen molar-refractivity contribution in [3.8, 4) is 11.5 Å². The lowest BCUT2D eigenvalue weighted by atomic mass is 10.0. The molecule has 1 atom stereocenters. The van der Waals surface area contributed by atoms with Gasteiger partial charge in [0, 0.05) is 41.0 Å². The van der Waals surface area contributed by atoms with Crippen molar-refractivity contribution in [1.29, 1.82) is 0 Å². The lowest BCUT2D eigenvalue weighted by Crippen LogP contribution is -2.44. The van der Waals surface area contributed by atoms with Crippen LogP contribution < -0.4 is 15.7 Å². The van der Waals surface area contributed by atoms with Gasteiger partial charge in [-0.2, -0.15) is 0 Å². The van der Waals surface area contributed by atoms with Crippen LogP contribution >= 0.6 is 11.6 Å². The molecule has 0 aliphatic rings. The van der Waals surface area contributed by atoms with Crippen LogP contribution in [-0.2, 0) is 22.4 Å². The van der Waals surface area contributed by atoms with Crippen molar-refractivity contribution in [1.82, 2.24) is 10.3 Å². The third-order valence-corrected chi connectivity index (χ3v) is 5.86. The predicted octanol–water partition coefficient (Wildman–Crippen LogP) is 3.78. The Morgan fingerprint density at radius 3 is 2.71 bits per heavy atom. The monoisotopic (exact) mass is 498 g/mol. The molecule has 4 N–H and O–H groups in total. The Morgan fingerprint density at radius 1 is 1.17 bits per heavy atom. The topological polar surface area (TPSA) is 142 Å². The number of hydrogen-bond donors (Lipinski definition) is 4. The number of aliphatic carboxylic acids is 1. The van der Waals surface area contributed by atoms with Crippen molar-refractivity contribution < 1.29 is 29.0 Å². The lowest BCUT2D eigenvalue weighted by Gasteiger charge is -2.15. The lowest BCUT2D eigenvalue weighted by molar-refractivity contribution is -0.142. The molecule has 0 saturated heterocycles. The molecule has 2 aromatic carbocycles. The van der Waals surface area contributed by atoms with Crippen LogP contribution in [0.25, 0.3) is 21.9 Å². The first-order valence-electron chi connectivity index (χ1n) is 11.0. The van der Waals surface area contributed by atoms with Crippen molar-refractivity contribution >= 4 is 45.3 Å². The van der Waals surface area contributed by atoms with E-state index in [1.165, 1.54) is 24.3 Å². The number of phenols is 1. The second-order valence-corrected chi connectivity index (χ2v) is 8.52. The molecule has 182 valence electrons. The van der Waals surface area contributed by atoms with Crippen molar-refractivity contribution in [3.05, 3.63) is 69.2 Å². The number of aromatic nitrogens is 1. The number of H-pyrrole nitrogens is 1. The van der Waals surface area contributed by atoms with Gasteiger partial charge in [-0.05, 0) is 41.8 Å². The average molecular weight is 499 g/mol. The molecule has 1 amide bonds. The van der Waals surface area contributed by atoms with E-state index in [1.54, 1.807) is 18.3 Å². The van der Waals surface area contributed by atoms with Crippen molar-refractivity contribution in [2.75, 3.05) is 6.61 Å². The van der Waals surface area contributed by atoms with E-state index >= 15 is 0 Å². The number of carboxylic acid groups (broad SMARTS) is 1. The fourth-order valence-electron chi connectivity index (χ4n) is 3.95. The fourth-order valence-corrected chi connectivity index (χ4v) is 4.17. The number of ether oxygens (including phenoxy) is 1. The first kappa shape index (κ1) is 24.2. The average Bonchev–Trinajstić information content (AvgIpc) is 3.19. The number of fused-ring (bicyclic) bond motifs is 2. The number of rotatable bonds is 9. The maximum absolute atomic E-state index is 12.5. The molecule has 0 fully saturated rings. The highest BCUT2D eigenvalue weighted by Crippen LogP contribution is 2.31. The van der Waals surface area contributed by atoms with Gasteiger partial charge in [0.15, 0.2) is 6.61 Å². The molecule has 2 heterocycles. The number of benzene rings is 2. The summed E-state index contributed by atoms with van der Waals surface area (Å²) in [6.45, 7) is 1.49. The molecular formula is C25H23ClN2O7. The van der Waals surface area contributed by atoms with Gasteiger partial charge in [0.2, 0.25) is 0 Å². The van der Waals surface area contributed by atoms with Gasteiger partial charge in [0.25, 0.3) is 5.91 Å². The standard InChI is InChI=1S/C25H23ClN2O7/c1-2-3-13-7-24(31)35-21-10-22(18(26)9-17(13)21)34-12-23(30)28-20(25(32)33)6-14-11-27-19-5-4-15(29)8-16(14)19/h4-5,7-11,20,27,29H,2-3,6,12H2,1H3,(H,28,30)(H,32,33)/t20-/m0/s1. The molecule has 0 radical (unpaired) electrons. The zero-order valence-corrected chi connectivity index (χ0v) is 19.5. The molecule has 4 rings (SSSR count). The summed E-state index contributed by atoms with van der Waals surface area (Å²) in [6.07, 6.45) is 3.14. The summed E-state index contributed by atoms with van der Waals surface area (Å²) in [5.74, 6) is -1.71. The summed E-state index contributed by atoms with van der Waals surface area (Å²) in [5.41, 5.74) is 1.95. The van der Waals surface area contributed by atoms with Crippen LogP contribution in [0.2, 0.25) is 5.02 Å². The Morgan fingerprint density at radius 2 is 1.97 bits per heavy atom. The van der Waals surface area contributed by atoms with Crippen LogP contribution in [0.15, 0.2) is 51.8 Å². The number of aromatic hydroxyl groups is 1. The van der Waals surface area contributed by atoms with E-state index in [9.17, 15) is 24.6 Å². The Kier molecular flexibility index (Phi) is 6.97. The normalized spacial score (nSPS) is 12.1. The summed E-state index contributed by atoms with van der Waals surface area (Å²) >= 11 is 6.32. The van der Waals surface area contributed by atoms with E-state index < -0.39 is 30.2 Å². The van der Waals surface area contributed by atoms with Crippen molar-refractivity contribution in [3.63, 3.8) is 0 Å². The van der Waals surface area contributed by atoms with Gasteiger partial charge in [-0.1, -0.05) is 24.9 Å². The number of hydrogen-bond acceptors (Lipinski definition) is 6. The summed E-state index contributed by atoms with van der Waals surface area (Å²) in [7, 11) is 0. The van der Waals surface area contributed by atoms with Crippen LogP contribution in [-0.4, -0.2) is 39.7 Å². The second-order valence-electron chi connectivity index (χ2n) is 8.11. The van der Waals surface area contributed by atoms with Crippen LogP contribution in [0.4, 0.5) is 0 Å². The molecule has 0 unspecified atom stereocenters. The zero-order chi connectivity index (χ0) is 25.1. The Hall–Kier alpha value is -3.98. The molecule has 9 nitrogen and oxygen atoms in total. The number of carboxylic acids is 1. The minimum Gasteiger partial charge on any atom is -0.508 e. The highest BCUT2D eigenvalue weighted by Gasteiger charge is 2.22. The fraction of sp³-hybridized carbons (Fsp3) is 0.240. The van der Waals surface area contributed by atoms with E-state index in [0.29, 0.717) is 22.8 Å². The first-order chi connectivity index (χ1) is 16.7. The third kappa shape index (κ3) is 5.41. The maximum Gasteiger partial charge on any atom is 0.336 e. The molecule has 0 spiro atoms. The smallest absolute Gasteiger partial charge is 0.336 e. The molecule has 0 bridgehead atoms. The number of phenolic OH excluding ortho intramolecular Hbond substituents is 1. The summed E-state index contributed by atoms with van der Waals surface area (Å²) < 4.78 is 10.8. The van der Waals surface area contributed by atoms with Crippen molar-refractivity contribution in [2.45, 2.75) is 32.2 Å². The van der Waals surface area contributed by atoms with E-state index in [0.717, 1.165) is 17.5 Å². The number of aryl methyl sites for hydroxylation is 1. The van der Waals surface area contributed by atoms with E-state index in [4.69, 9.17) is 20.8 Å². The number of halogens is 1. The zero-order valence-electron chi connectivity index (χ0n) is 18.8. The number of carbonyl (C=O) groups excluding carboxylic acids is 1. The maximum atomic E-state index is 12.5. The molecular weight excluding hydrogens is 476 g/mol. The van der Waals surface area contributed by atoms with Crippen molar-refractivity contribution in [2.24, 2.45) is 0 Å². The number of aromatic amines is 1. The molecule has 0 aliphatic heterocycles. The Bertz CT molecular complexity index is 1470. The SMILES string of the molecule is CCCc1cc(=O)oc2cc(OCC(=O)N[C@@H](Cc3c[nH]c4ccc(O)cc34)C(=O)O)c(Cl)cc12. The number of amides is 1. The first-order valence-corrected chi connectivity index (χ1v) is 11.3. The quantitative estimate of drug-likeness (QED) is 0.257. The van der Waals surface area contributed by atoms with Gasteiger partial charge in [-0.15, -0.1) is 0 Å². The molecule has 0 aliphatic carbocycles. The van der Waals surface area contributed by atoms with Gasteiger partial charge in [-0.25, -0.2) is 9.59 Å². The molecule has 0 saturated carbocycles. The minimum atomic E-state index is -1.23. The molecule has 10 heteroatoms. The van der Waals surface area contributed by atoms with Gasteiger partial charge >= 0.3 is 11.6 Å². The summed E-state index contributed by atoms with van der Waals surface area (Å²) in [6, 6.07) is 7.98. The van der Waals surface area contributed by atoms with Crippen LogP contribution in [0.3, 0.4) is 0 Å². The summed E-state index contributed by atoms with van der Waals surface area (Å²) in [4.78, 5) is 39.1. The third-order valence-electron chi connectivity index (χ3n) is 5.57. The minimum absolute atomic E-state index is 0.00732.